The predicted octanol–water partition coefficient (Wildman–Crippen LogP) is 5.18. The Balaban J connectivity index is 2.31. The van der Waals surface area contributed by atoms with Gasteiger partial charge in [0.1, 0.15) is 11.6 Å². The molecule has 0 atom stereocenters. The lowest BCUT2D eigenvalue weighted by Crippen LogP contribution is -2.15. The molecule has 0 radical (unpaired) electrons. The highest BCUT2D eigenvalue weighted by molar-refractivity contribution is 6.34. The standard InChI is InChI=1S/C17H8ClF5N2O/c18-12-3-2-11(17(21,22)23)7-15(12)25-16(26)10(8-24)5-9-1-4-13(19)14(20)6-9/h1-7H,(H,25,26)/b10-5+. The third-order valence-corrected chi connectivity index (χ3v) is 3.49. The molecule has 2 aromatic carbocycles. The normalized spacial score (nSPS) is 11.8. The predicted molar refractivity (Wildman–Crippen MR) is 85.0 cm³/mol. The number of nitrogens with zero attached hydrogens (tertiary/aromatic N) is 1. The van der Waals surface area contributed by atoms with E-state index in [4.69, 9.17) is 16.9 Å². The molecular weight excluding hydrogens is 379 g/mol. The number of anilines is 1. The Morgan fingerprint density at radius 3 is 2.38 bits per heavy atom. The largest absolute Gasteiger partial charge is 0.416 e. The van der Waals surface area contributed by atoms with Crippen LogP contribution in [0.15, 0.2) is 42.0 Å². The first-order valence-electron chi connectivity index (χ1n) is 6.87. The minimum absolute atomic E-state index is 0.0192. The van der Waals surface area contributed by atoms with Crippen molar-refractivity contribution >= 4 is 29.3 Å². The summed E-state index contributed by atoms with van der Waals surface area (Å²) in [6.45, 7) is 0. The number of alkyl halides is 3. The maximum atomic E-state index is 13.2. The third-order valence-electron chi connectivity index (χ3n) is 3.16. The molecule has 0 bridgehead atoms. The van der Waals surface area contributed by atoms with Crippen LogP contribution in [0, 0.1) is 23.0 Å². The lowest BCUT2D eigenvalue weighted by atomic mass is 10.1. The second-order valence-electron chi connectivity index (χ2n) is 4.99. The molecule has 0 fully saturated rings. The molecule has 9 heteroatoms. The number of amides is 1. The summed E-state index contributed by atoms with van der Waals surface area (Å²) in [6, 6.07) is 6.53. The molecule has 0 heterocycles. The van der Waals surface area contributed by atoms with Gasteiger partial charge in [-0.3, -0.25) is 4.79 Å². The number of hydrogen-bond acceptors (Lipinski definition) is 2. The zero-order valence-corrected chi connectivity index (χ0v) is 13.4. The van der Waals surface area contributed by atoms with Gasteiger partial charge in [-0.1, -0.05) is 17.7 Å². The summed E-state index contributed by atoms with van der Waals surface area (Å²) >= 11 is 5.76. The fraction of sp³-hybridized carbons (Fsp3) is 0.0588. The quantitative estimate of drug-likeness (QED) is 0.449. The lowest BCUT2D eigenvalue weighted by Gasteiger charge is -2.11. The highest BCUT2D eigenvalue weighted by Gasteiger charge is 2.31. The van der Waals surface area contributed by atoms with Gasteiger partial charge in [-0.2, -0.15) is 18.4 Å². The number of rotatable bonds is 3. The van der Waals surface area contributed by atoms with Crippen molar-refractivity contribution in [3.05, 3.63) is 69.8 Å². The van der Waals surface area contributed by atoms with E-state index in [9.17, 15) is 26.7 Å². The summed E-state index contributed by atoms with van der Waals surface area (Å²) in [5.74, 6) is -3.35. The van der Waals surface area contributed by atoms with Crippen LogP contribution in [0.25, 0.3) is 6.08 Å². The summed E-state index contributed by atoms with van der Waals surface area (Å²) in [6.07, 6.45) is -3.69. The van der Waals surface area contributed by atoms with Crippen molar-refractivity contribution < 1.29 is 26.7 Å². The van der Waals surface area contributed by atoms with Gasteiger partial charge in [-0.05, 0) is 42.0 Å². The van der Waals surface area contributed by atoms with Crippen LogP contribution >= 0.6 is 11.6 Å². The summed E-state index contributed by atoms with van der Waals surface area (Å²) in [7, 11) is 0. The number of nitrogens with one attached hydrogen (secondary N) is 1. The van der Waals surface area contributed by atoms with E-state index in [1.54, 1.807) is 0 Å². The molecule has 0 aliphatic rings. The van der Waals surface area contributed by atoms with E-state index >= 15 is 0 Å². The average Bonchev–Trinajstić information content (AvgIpc) is 2.56. The number of carbonyl (C=O) groups excluding carboxylic acids is 1. The molecular formula is C17H8ClF5N2O. The molecule has 0 spiro atoms. The highest BCUT2D eigenvalue weighted by atomic mass is 35.5. The average molecular weight is 387 g/mol. The van der Waals surface area contributed by atoms with Gasteiger partial charge in [-0.25, -0.2) is 8.78 Å². The maximum absolute atomic E-state index is 13.2. The summed E-state index contributed by atoms with van der Waals surface area (Å²) < 4.78 is 64.3. The van der Waals surface area contributed by atoms with Gasteiger partial charge < -0.3 is 5.32 Å². The smallest absolute Gasteiger partial charge is 0.320 e. The van der Waals surface area contributed by atoms with Crippen LogP contribution in [0.4, 0.5) is 27.6 Å². The Kier molecular flexibility index (Phi) is 5.63. The van der Waals surface area contributed by atoms with E-state index in [0.717, 1.165) is 36.4 Å². The van der Waals surface area contributed by atoms with Crippen molar-refractivity contribution in [2.45, 2.75) is 6.18 Å². The summed E-state index contributed by atoms with van der Waals surface area (Å²) in [4.78, 5) is 12.1. The van der Waals surface area contributed by atoms with Crippen molar-refractivity contribution in [1.29, 1.82) is 5.26 Å². The van der Waals surface area contributed by atoms with Gasteiger partial charge in [0.2, 0.25) is 0 Å². The van der Waals surface area contributed by atoms with Gasteiger partial charge in [0.15, 0.2) is 11.6 Å². The number of carbonyl (C=O) groups is 1. The molecule has 3 nitrogen and oxygen atoms in total. The first kappa shape index (κ1) is 19.4. The van der Waals surface area contributed by atoms with E-state index in [-0.39, 0.29) is 16.3 Å². The van der Waals surface area contributed by atoms with Gasteiger partial charge in [0.25, 0.3) is 5.91 Å². The van der Waals surface area contributed by atoms with E-state index in [1.807, 2.05) is 0 Å². The van der Waals surface area contributed by atoms with Gasteiger partial charge in [0, 0.05) is 0 Å². The fourth-order valence-corrected chi connectivity index (χ4v) is 2.07. The van der Waals surface area contributed by atoms with E-state index < -0.39 is 34.9 Å². The molecule has 0 aliphatic heterocycles. The minimum atomic E-state index is -4.65. The topological polar surface area (TPSA) is 52.9 Å². The van der Waals surface area contributed by atoms with Crippen LogP contribution in [-0.2, 0) is 11.0 Å². The molecule has 1 amide bonds. The number of halogens is 6. The zero-order chi connectivity index (χ0) is 19.5. The number of hydrogen-bond donors (Lipinski definition) is 1. The van der Waals surface area contributed by atoms with Crippen molar-refractivity contribution in [3.63, 3.8) is 0 Å². The van der Waals surface area contributed by atoms with E-state index in [0.29, 0.717) is 6.07 Å². The molecule has 26 heavy (non-hydrogen) atoms. The Labute approximate surface area is 149 Å². The van der Waals surface area contributed by atoms with Crippen molar-refractivity contribution in [3.8, 4) is 6.07 Å². The second-order valence-corrected chi connectivity index (χ2v) is 5.40. The number of nitriles is 1. The monoisotopic (exact) mass is 386 g/mol. The summed E-state index contributed by atoms with van der Waals surface area (Å²) in [5, 5.41) is 11.0. The Morgan fingerprint density at radius 1 is 1.12 bits per heavy atom. The first-order valence-corrected chi connectivity index (χ1v) is 7.24. The Bertz CT molecular complexity index is 932. The van der Waals surface area contributed by atoms with Crippen molar-refractivity contribution in [1.82, 2.24) is 0 Å². The Morgan fingerprint density at radius 2 is 1.81 bits per heavy atom. The minimum Gasteiger partial charge on any atom is -0.320 e. The van der Waals surface area contributed by atoms with Crippen LogP contribution in [0.2, 0.25) is 5.02 Å². The molecule has 134 valence electrons. The van der Waals surface area contributed by atoms with Crippen LogP contribution in [0.1, 0.15) is 11.1 Å². The molecule has 0 saturated carbocycles. The van der Waals surface area contributed by atoms with E-state index in [1.165, 1.54) is 6.07 Å². The summed E-state index contributed by atoms with van der Waals surface area (Å²) in [5.41, 5.74) is -1.91. The number of benzene rings is 2. The van der Waals surface area contributed by atoms with E-state index in [2.05, 4.69) is 5.32 Å². The second kappa shape index (κ2) is 7.54. The molecule has 2 rings (SSSR count). The van der Waals surface area contributed by atoms with Crippen molar-refractivity contribution in [2.24, 2.45) is 0 Å². The molecule has 1 N–H and O–H groups in total. The van der Waals surface area contributed by atoms with Gasteiger partial charge in [0.05, 0.1) is 16.3 Å². The van der Waals surface area contributed by atoms with Crippen LogP contribution in [0.3, 0.4) is 0 Å². The lowest BCUT2D eigenvalue weighted by molar-refractivity contribution is -0.137. The molecule has 2 aromatic rings. The maximum Gasteiger partial charge on any atom is 0.416 e. The van der Waals surface area contributed by atoms with Crippen molar-refractivity contribution in [2.75, 3.05) is 5.32 Å². The molecule has 0 saturated heterocycles. The van der Waals surface area contributed by atoms with Gasteiger partial charge >= 0.3 is 6.18 Å². The third kappa shape index (κ3) is 4.58. The molecule has 0 aromatic heterocycles. The SMILES string of the molecule is N#C/C(=C\c1ccc(F)c(F)c1)C(=O)Nc1cc(C(F)(F)F)ccc1Cl. The fourth-order valence-electron chi connectivity index (χ4n) is 1.90. The van der Waals surface area contributed by atoms with Crippen LogP contribution in [-0.4, -0.2) is 5.91 Å². The zero-order valence-electron chi connectivity index (χ0n) is 12.7. The Hall–Kier alpha value is -2.92. The molecule has 0 unspecified atom stereocenters. The molecule has 0 aliphatic carbocycles. The van der Waals surface area contributed by atoms with Crippen LogP contribution in [0.5, 0.6) is 0 Å². The first-order chi connectivity index (χ1) is 12.1. The highest BCUT2D eigenvalue weighted by Crippen LogP contribution is 2.34. The van der Waals surface area contributed by atoms with Gasteiger partial charge in [-0.15, -0.1) is 0 Å². The van der Waals surface area contributed by atoms with Crippen LogP contribution < -0.4 is 5.32 Å².